The average molecular weight is 413 g/mol. The lowest BCUT2D eigenvalue weighted by molar-refractivity contribution is 0.241. The molecule has 0 saturated carbocycles. The molecule has 5 nitrogen and oxygen atoms in total. The van der Waals surface area contributed by atoms with Gasteiger partial charge in [0.1, 0.15) is 5.49 Å². The molecule has 1 aromatic carbocycles. The van der Waals surface area contributed by atoms with E-state index in [4.69, 9.17) is 0 Å². The summed E-state index contributed by atoms with van der Waals surface area (Å²) in [5, 5.41) is 5.68. The summed E-state index contributed by atoms with van der Waals surface area (Å²) < 4.78 is 2.19. The summed E-state index contributed by atoms with van der Waals surface area (Å²) in [5.74, 6) is 0.388. The van der Waals surface area contributed by atoms with E-state index in [0.29, 0.717) is 19.0 Å². The molecule has 0 saturated heterocycles. The Kier molecular flexibility index (Phi) is 8.58. The van der Waals surface area contributed by atoms with Gasteiger partial charge in [0, 0.05) is 41.8 Å². The Balaban J connectivity index is 2.35. The average Bonchev–Trinajstić information content (AvgIpc) is 2.67. The Morgan fingerprint density at radius 3 is 2.48 bits per heavy atom. The molecule has 0 aliphatic carbocycles. The summed E-state index contributed by atoms with van der Waals surface area (Å²) in [4.78, 5) is 18.5. The van der Waals surface area contributed by atoms with E-state index in [1.165, 1.54) is 11.3 Å². The van der Waals surface area contributed by atoms with Crippen LogP contribution in [0.25, 0.3) is 5.70 Å². The second-order valence-electron chi connectivity index (χ2n) is 7.28. The van der Waals surface area contributed by atoms with Crippen molar-refractivity contribution in [1.29, 1.82) is 0 Å². The monoisotopic (exact) mass is 412 g/mol. The number of amides is 2. The van der Waals surface area contributed by atoms with Crippen molar-refractivity contribution in [1.82, 2.24) is 15.2 Å². The van der Waals surface area contributed by atoms with E-state index in [-0.39, 0.29) is 6.03 Å². The smallest absolute Gasteiger partial charge is 0.315 e. The number of nitrogens with zero attached hydrogens (tertiary/aromatic N) is 2. The van der Waals surface area contributed by atoms with Crippen LogP contribution in [0.5, 0.6) is 0 Å². The summed E-state index contributed by atoms with van der Waals surface area (Å²) >= 11 is 1.70. The maximum Gasteiger partial charge on any atom is 0.315 e. The molecule has 0 radical (unpaired) electrons. The van der Waals surface area contributed by atoms with Gasteiger partial charge in [-0.15, -0.1) is 0 Å². The van der Waals surface area contributed by atoms with Crippen LogP contribution >= 0.6 is 11.8 Å². The van der Waals surface area contributed by atoms with Crippen molar-refractivity contribution in [2.24, 2.45) is 10.9 Å². The molecule has 0 atom stereocenters. The first kappa shape index (κ1) is 22.8. The highest BCUT2D eigenvalue weighted by Gasteiger charge is 2.11. The third kappa shape index (κ3) is 6.26. The topological polar surface area (TPSA) is 58.4 Å². The summed E-state index contributed by atoms with van der Waals surface area (Å²) in [5.41, 5.74) is 4.57. The standard InChI is InChI=1S/C23H32N4OS/c1-7-25-23(28)26-14-18-10-8-9-11-20(18)29-19-12-13-21(24-6)27(15-19)22(16(2)3)17(4)5/h8-13,15-16H,7,14H2,1-6H3,(H2,25,26,28). The van der Waals surface area contributed by atoms with Crippen molar-refractivity contribution in [3.63, 3.8) is 0 Å². The van der Waals surface area contributed by atoms with Gasteiger partial charge < -0.3 is 15.2 Å². The number of hydrogen-bond donors (Lipinski definition) is 2. The van der Waals surface area contributed by atoms with Gasteiger partial charge in [-0.3, -0.25) is 4.99 Å². The molecule has 0 spiro atoms. The lowest BCUT2D eigenvalue weighted by atomic mass is 10.1. The van der Waals surface area contributed by atoms with Gasteiger partial charge in [-0.25, -0.2) is 4.79 Å². The van der Waals surface area contributed by atoms with E-state index in [1.54, 1.807) is 11.8 Å². The van der Waals surface area contributed by atoms with Crippen LogP contribution < -0.4 is 16.1 Å². The quantitative estimate of drug-likeness (QED) is 0.680. The SMILES string of the molecule is CCNC(=O)NCc1ccccc1Sc1ccc(=NC)n(C(=C(C)C)C(C)C)c1. The minimum Gasteiger partial charge on any atom is -0.338 e. The molecule has 0 aliphatic heterocycles. The first-order chi connectivity index (χ1) is 13.9. The maximum atomic E-state index is 11.8. The molecule has 6 heteroatoms. The molecule has 156 valence electrons. The molecule has 2 aromatic rings. The molecule has 2 rings (SSSR count). The molecule has 0 bridgehead atoms. The van der Waals surface area contributed by atoms with Gasteiger partial charge >= 0.3 is 6.03 Å². The van der Waals surface area contributed by atoms with Crippen LogP contribution in [0.2, 0.25) is 0 Å². The number of hydrogen-bond acceptors (Lipinski definition) is 3. The third-order valence-electron chi connectivity index (χ3n) is 4.42. The van der Waals surface area contributed by atoms with Crippen molar-refractivity contribution in [3.05, 3.63) is 59.2 Å². The fourth-order valence-electron chi connectivity index (χ4n) is 3.28. The Bertz CT molecular complexity index is 940. The summed E-state index contributed by atoms with van der Waals surface area (Å²) in [7, 11) is 1.82. The third-order valence-corrected chi connectivity index (χ3v) is 5.52. The van der Waals surface area contributed by atoms with E-state index in [1.807, 2.05) is 32.2 Å². The van der Waals surface area contributed by atoms with Crippen molar-refractivity contribution >= 4 is 23.5 Å². The van der Waals surface area contributed by atoms with Crippen molar-refractivity contribution in [3.8, 4) is 0 Å². The number of pyridine rings is 1. The number of carbonyl (C=O) groups excluding carboxylic acids is 1. The zero-order valence-electron chi connectivity index (χ0n) is 18.2. The van der Waals surface area contributed by atoms with Gasteiger partial charge in [0.25, 0.3) is 0 Å². The van der Waals surface area contributed by atoms with Crippen LogP contribution in [0.4, 0.5) is 4.79 Å². The number of benzene rings is 1. The number of rotatable bonds is 7. The first-order valence-corrected chi connectivity index (χ1v) is 10.8. The molecule has 0 aliphatic rings. The van der Waals surface area contributed by atoms with Gasteiger partial charge in [-0.05, 0) is 50.5 Å². The van der Waals surface area contributed by atoms with E-state index >= 15 is 0 Å². The van der Waals surface area contributed by atoms with Gasteiger partial charge in [-0.1, -0.05) is 49.4 Å². The van der Waals surface area contributed by atoms with Crippen molar-refractivity contribution < 1.29 is 4.79 Å². The molecule has 0 unspecified atom stereocenters. The Labute approximate surface area is 178 Å². The Morgan fingerprint density at radius 1 is 1.14 bits per heavy atom. The van der Waals surface area contributed by atoms with Crippen LogP contribution in [0.3, 0.4) is 0 Å². The summed E-state index contributed by atoms with van der Waals surface area (Å²) in [6, 6.07) is 12.2. The van der Waals surface area contributed by atoms with Gasteiger partial charge in [-0.2, -0.15) is 0 Å². The molecule has 2 N–H and O–H groups in total. The molecule has 1 aromatic heterocycles. The van der Waals surface area contributed by atoms with Crippen molar-refractivity contribution in [2.45, 2.75) is 51.0 Å². The van der Waals surface area contributed by atoms with Crippen molar-refractivity contribution in [2.75, 3.05) is 13.6 Å². The Hall–Kier alpha value is -2.47. The minimum atomic E-state index is -0.149. The second kappa shape index (κ2) is 10.9. The number of aromatic nitrogens is 1. The van der Waals surface area contributed by atoms with Gasteiger partial charge in [0.2, 0.25) is 0 Å². The number of nitrogens with one attached hydrogen (secondary N) is 2. The van der Waals surface area contributed by atoms with E-state index < -0.39 is 0 Å². The molecular formula is C23H32N4OS. The zero-order chi connectivity index (χ0) is 21.4. The fourth-order valence-corrected chi connectivity index (χ4v) is 4.25. The van der Waals surface area contributed by atoms with Crippen LogP contribution in [-0.4, -0.2) is 24.2 Å². The summed E-state index contributed by atoms with van der Waals surface area (Å²) in [6.45, 7) is 11.7. The second-order valence-corrected chi connectivity index (χ2v) is 8.39. The zero-order valence-corrected chi connectivity index (χ0v) is 19.1. The molecular weight excluding hydrogens is 380 g/mol. The largest absolute Gasteiger partial charge is 0.338 e. The molecule has 2 amide bonds. The van der Waals surface area contributed by atoms with Gasteiger partial charge in [0.15, 0.2) is 0 Å². The van der Waals surface area contributed by atoms with Crippen LogP contribution in [0.1, 0.15) is 40.2 Å². The molecule has 29 heavy (non-hydrogen) atoms. The number of allylic oxidation sites excluding steroid dienone is 2. The highest BCUT2D eigenvalue weighted by Crippen LogP contribution is 2.31. The minimum absolute atomic E-state index is 0.149. The molecule has 0 fully saturated rings. The summed E-state index contributed by atoms with van der Waals surface area (Å²) in [6.07, 6.45) is 2.16. The van der Waals surface area contributed by atoms with E-state index in [2.05, 4.69) is 72.3 Å². The van der Waals surface area contributed by atoms with E-state index in [0.717, 1.165) is 20.8 Å². The number of urea groups is 1. The lowest BCUT2D eigenvalue weighted by Crippen LogP contribution is -2.34. The van der Waals surface area contributed by atoms with Crippen LogP contribution in [0.15, 0.2) is 63.0 Å². The highest BCUT2D eigenvalue weighted by molar-refractivity contribution is 7.99. The van der Waals surface area contributed by atoms with Gasteiger partial charge in [0.05, 0.1) is 0 Å². The normalized spacial score (nSPS) is 11.5. The maximum absolute atomic E-state index is 11.8. The highest BCUT2D eigenvalue weighted by atomic mass is 32.2. The van der Waals surface area contributed by atoms with Crippen LogP contribution in [-0.2, 0) is 6.54 Å². The molecule has 1 heterocycles. The van der Waals surface area contributed by atoms with Crippen LogP contribution in [0, 0.1) is 5.92 Å². The van der Waals surface area contributed by atoms with E-state index in [9.17, 15) is 4.79 Å². The fraction of sp³-hybridized carbons (Fsp3) is 0.391. The lowest BCUT2D eigenvalue weighted by Gasteiger charge is -2.19. The number of carbonyl (C=O) groups is 1. The first-order valence-electron chi connectivity index (χ1n) is 9.98. The predicted molar refractivity (Wildman–Crippen MR) is 122 cm³/mol. The Morgan fingerprint density at radius 2 is 1.86 bits per heavy atom. The predicted octanol–water partition coefficient (Wildman–Crippen LogP) is 4.90.